The fourth-order valence-corrected chi connectivity index (χ4v) is 2.91. The Kier molecular flexibility index (Phi) is 6.85. The van der Waals surface area contributed by atoms with Gasteiger partial charge >= 0.3 is 6.03 Å². The van der Waals surface area contributed by atoms with Gasteiger partial charge in [0.05, 0.1) is 6.42 Å². The zero-order valence-electron chi connectivity index (χ0n) is 13.9. The van der Waals surface area contributed by atoms with Crippen LogP contribution in [0.4, 0.5) is 9.18 Å². The van der Waals surface area contributed by atoms with E-state index in [4.69, 9.17) is 11.6 Å². The van der Waals surface area contributed by atoms with Crippen LogP contribution in [0, 0.1) is 5.82 Å². The van der Waals surface area contributed by atoms with E-state index in [0.29, 0.717) is 39.1 Å². The molecule has 1 aromatic carbocycles. The molecule has 0 spiro atoms. The molecule has 24 heavy (non-hydrogen) atoms. The highest BCUT2D eigenvalue weighted by atomic mass is 35.5. The summed E-state index contributed by atoms with van der Waals surface area (Å²) in [7, 11) is 0. The quantitative estimate of drug-likeness (QED) is 0.902. The number of hydrogen-bond acceptors (Lipinski definition) is 2. The van der Waals surface area contributed by atoms with E-state index < -0.39 is 5.82 Å². The highest BCUT2D eigenvalue weighted by Crippen LogP contribution is 2.20. The second-order valence-electron chi connectivity index (χ2n) is 5.83. The van der Waals surface area contributed by atoms with Gasteiger partial charge in [0.1, 0.15) is 5.82 Å². The summed E-state index contributed by atoms with van der Waals surface area (Å²) in [6.07, 6.45) is 1.53. The van der Waals surface area contributed by atoms with Crippen molar-refractivity contribution in [3.05, 3.63) is 34.6 Å². The number of amides is 3. The number of urea groups is 1. The van der Waals surface area contributed by atoms with Crippen molar-refractivity contribution in [3.8, 4) is 0 Å². The van der Waals surface area contributed by atoms with Crippen molar-refractivity contribution in [2.45, 2.75) is 26.2 Å². The Morgan fingerprint density at radius 2 is 1.92 bits per heavy atom. The van der Waals surface area contributed by atoms with E-state index in [1.807, 2.05) is 6.92 Å². The van der Waals surface area contributed by atoms with Crippen LogP contribution in [-0.2, 0) is 11.2 Å². The van der Waals surface area contributed by atoms with Crippen molar-refractivity contribution in [3.63, 3.8) is 0 Å². The molecule has 1 aliphatic rings. The number of carbonyl (C=O) groups is 2. The molecule has 1 N–H and O–H groups in total. The third-order valence-corrected chi connectivity index (χ3v) is 4.41. The van der Waals surface area contributed by atoms with Crippen LogP contribution in [0.5, 0.6) is 0 Å². The summed E-state index contributed by atoms with van der Waals surface area (Å²) in [6.45, 7) is 4.74. The summed E-state index contributed by atoms with van der Waals surface area (Å²) in [5.74, 6) is -0.635. The largest absolute Gasteiger partial charge is 0.341 e. The molecule has 0 unspecified atom stereocenters. The van der Waals surface area contributed by atoms with E-state index in [1.165, 1.54) is 12.1 Å². The maximum atomic E-state index is 13.8. The third kappa shape index (κ3) is 4.84. The van der Waals surface area contributed by atoms with Crippen LogP contribution < -0.4 is 5.32 Å². The smallest absolute Gasteiger partial charge is 0.317 e. The van der Waals surface area contributed by atoms with Gasteiger partial charge in [0, 0.05) is 43.3 Å². The number of hydrogen-bond donors (Lipinski definition) is 1. The molecule has 7 heteroatoms. The minimum Gasteiger partial charge on any atom is -0.341 e. The number of carbonyl (C=O) groups excluding carboxylic acids is 2. The molecule has 0 atom stereocenters. The number of rotatable bonds is 4. The highest BCUT2D eigenvalue weighted by molar-refractivity contribution is 6.31. The molecule has 0 radical (unpaired) electrons. The van der Waals surface area contributed by atoms with Crippen LogP contribution in [0.2, 0.25) is 5.02 Å². The third-order valence-electron chi connectivity index (χ3n) is 4.05. The first-order valence-electron chi connectivity index (χ1n) is 8.26. The SMILES string of the molecule is CCCNC(=O)N1CCCN(C(=O)Cc2c(F)cccc2Cl)CC1. The lowest BCUT2D eigenvalue weighted by Crippen LogP contribution is -2.43. The Morgan fingerprint density at radius 1 is 1.21 bits per heavy atom. The Morgan fingerprint density at radius 3 is 2.62 bits per heavy atom. The van der Waals surface area contributed by atoms with Crippen LogP contribution in [0.15, 0.2) is 18.2 Å². The lowest BCUT2D eigenvalue weighted by Gasteiger charge is -2.22. The molecule has 1 heterocycles. The summed E-state index contributed by atoms with van der Waals surface area (Å²) in [4.78, 5) is 27.9. The van der Waals surface area contributed by atoms with Crippen molar-refractivity contribution < 1.29 is 14.0 Å². The van der Waals surface area contributed by atoms with E-state index in [1.54, 1.807) is 15.9 Å². The van der Waals surface area contributed by atoms with Gasteiger partial charge in [-0.15, -0.1) is 0 Å². The summed E-state index contributed by atoms with van der Waals surface area (Å²) in [5, 5.41) is 3.11. The molecular weight excluding hydrogens is 333 g/mol. The van der Waals surface area contributed by atoms with Gasteiger partial charge in [-0.05, 0) is 25.0 Å². The molecule has 1 saturated heterocycles. The maximum Gasteiger partial charge on any atom is 0.317 e. The van der Waals surface area contributed by atoms with Gasteiger partial charge in [0.15, 0.2) is 0 Å². The average Bonchev–Trinajstić information content (AvgIpc) is 2.82. The number of nitrogens with one attached hydrogen (secondary N) is 1. The molecule has 0 aromatic heterocycles. The van der Waals surface area contributed by atoms with Crippen LogP contribution in [0.1, 0.15) is 25.3 Å². The summed E-state index contributed by atoms with van der Waals surface area (Å²) < 4.78 is 13.8. The molecule has 0 bridgehead atoms. The fourth-order valence-electron chi connectivity index (χ4n) is 2.68. The maximum absolute atomic E-state index is 13.8. The van der Waals surface area contributed by atoms with Crippen LogP contribution in [-0.4, -0.2) is 54.5 Å². The molecule has 2 rings (SSSR count). The van der Waals surface area contributed by atoms with Gasteiger partial charge in [-0.2, -0.15) is 0 Å². The number of nitrogens with zero attached hydrogens (tertiary/aromatic N) is 2. The first kappa shape index (κ1) is 18.5. The van der Waals surface area contributed by atoms with Gasteiger partial charge in [0.25, 0.3) is 0 Å². The molecule has 1 aromatic rings. The van der Waals surface area contributed by atoms with Gasteiger partial charge in [-0.1, -0.05) is 24.6 Å². The molecular formula is C17H23ClFN3O2. The molecule has 1 fully saturated rings. The molecule has 3 amide bonds. The first-order chi connectivity index (χ1) is 11.5. The van der Waals surface area contributed by atoms with Crippen LogP contribution >= 0.6 is 11.6 Å². The van der Waals surface area contributed by atoms with E-state index >= 15 is 0 Å². The predicted molar refractivity (Wildman–Crippen MR) is 91.6 cm³/mol. The summed E-state index contributed by atoms with van der Waals surface area (Å²) in [6, 6.07) is 4.31. The van der Waals surface area contributed by atoms with Gasteiger partial charge < -0.3 is 15.1 Å². The first-order valence-corrected chi connectivity index (χ1v) is 8.64. The average molecular weight is 356 g/mol. The normalized spacial score (nSPS) is 15.1. The van der Waals surface area contributed by atoms with Crippen LogP contribution in [0.25, 0.3) is 0 Å². The fraction of sp³-hybridized carbons (Fsp3) is 0.529. The van der Waals surface area contributed by atoms with Crippen molar-refractivity contribution in [2.75, 3.05) is 32.7 Å². The minimum absolute atomic E-state index is 0.0620. The van der Waals surface area contributed by atoms with Crippen molar-refractivity contribution >= 4 is 23.5 Å². The topological polar surface area (TPSA) is 52.7 Å². The number of benzene rings is 1. The van der Waals surface area contributed by atoms with Crippen molar-refractivity contribution in [1.29, 1.82) is 0 Å². The standard InChI is InChI=1S/C17H23ClFN3O2/c1-2-7-20-17(24)22-9-4-8-21(10-11-22)16(23)12-13-14(18)5-3-6-15(13)19/h3,5-6H,2,4,7-12H2,1H3,(H,20,24). The minimum atomic E-state index is -0.466. The molecule has 5 nitrogen and oxygen atoms in total. The van der Waals surface area contributed by atoms with E-state index in [2.05, 4.69) is 5.32 Å². The Balaban J connectivity index is 1.93. The second-order valence-corrected chi connectivity index (χ2v) is 6.24. The Hall–Kier alpha value is -1.82. The van der Waals surface area contributed by atoms with Crippen molar-refractivity contribution in [2.24, 2.45) is 0 Å². The number of halogens is 2. The molecule has 0 saturated carbocycles. The van der Waals surface area contributed by atoms with Gasteiger partial charge in [0.2, 0.25) is 5.91 Å². The van der Waals surface area contributed by atoms with Crippen LogP contribution in [0.3, 0.4) is 0 Å². The Bertz CT molecular complexity index is 577. The molecule has 132 valence electrons. The zero-order chi connectivity index (χ0) is 17.5. The molecule has 1 aliphatic heterocycles. The monoisotopic (exact) mass is 355 g/mol. The lowest BCUT2D eigenvalue weighted by molar-refractivity contribution is -0.130. The highest BCUT2D eigenvalue weighted by Gasteiger charge is 2.23. The van der Waals surface area contributed by atoms with E-state index in [0.717, 1.165) is 6.42 Å². The summed E-state index contributed by atoms with van der Waals surface area (Å²) >= 11 is 5.99. The van der Waals surface area contributed by atoms with E-state index in [-0.39, 0.29) is 28.9 Å². The second kappa shape index (κ2) is 8.87. The van der Waals surface area contributed by atoms with Crippen molar-refractivity contribution in [1.82, 2.24) is 15.1 Å². The van der Waals surface area contributed by atoms with Gasteiger partial charge in [-0.3, -0.25) is 4.79 Å². The lowest BCUT2D eigenvalue weighted by atomic mass is 10.1. The zero-order valence-corrected chi connectivity index (χ0v) is 14.6. The Labute approximate surface area is 146 Å². The van der Waals surface area contributed by atoms with E-state index in [9.17, 15) is 14.0 Å². The van der Waals surface area contributed by atoms with Gasteiger partial charge in [-0.25, -0.2) is 9.18 Å². The summed E-state index contributed by atoms with van der Waals surface area (Å²) in [5.41, 5.74) is 0.228. The molecule has 0 aliphatic carbocycles. The predicted octanol–water partition coefficient (Wildman–Crippen LogP) is 2.68.